The summed E-state index contributed by atoms with van der Waals surface area (Å²) in [5.41, 5.74) is 2.23. The van der Waals surface area contributed by atoms with Crippen molar-refractivity contribution >= 4 is 33.7 Å². The highest BCUT2D eigenvalue weighted by atomic mass is 32.2. The number of rotatable bonds is 2. The molecule has 1 unspecified atom stereocenters. The minimum Gasteiger partial charge on any atom is -0.361 e. The zero-order chi connectivity index (χ0) is 12.7. The Morgan fingerprint density at radius 1 is 1.44 bits per heavy atom. The Hall–Kier alpha value is -1.75. The molecule has 2 aromatic rings. The molecule has 1 aromatic carbocycles. The monoisotopic (exact) mass is 259 g/mol. The molecule has 0 bridgehead atoms. The lowest BCUT2D eigenvalue weighted by molar-refractivity contribution is -0.125. The van der Waals surface area contributed by atoms with Gasteiger partial charge in [-0.1, -0.05) is 30.0 Å². The lowest BCUT2D eigenvalue weighted by atomic mass is 10.1. The van der Waals surface area contributed by atoms with Crippen LogP contribution in [-0.2, 0) is 11.2 Å². The second-order valence-corrected chi connectivity index (χ2v) is 5.56. The number of H-pyrrole nitrogens is 1. The lowest BCUT2D eigenvalue weighted by Gasteiger charge is -2.07. The number of carbonyl (C=O) groups excluding carboxylic acids is 1. The second kappa shape index (κ2) is 4.17. The first-order chi connectivity index (χ1) is 8.66. The van der Waals surface area contributed by atoms with Crippen LogP contribution in [0.2, 0.25) is 0 Å². The third kappa shape index (κ3) is 1.71. The molecule has 2 N–H and O–H groups in total. The molecule has 0 aliphatic carbocycles. The summed E-state index contributed by atoms with van der Waals surface area (Å²) in [6, 6.07) is 8.07. The summed E-state index contributed by atoms with van der Waals surface area (Å²) in [5, 5.41) is 9.00. The molecule has 1 amide bonds. The summed E-state index contributed by atoms with van der Waals surface area (Å²) in [4.78, 5) is 16.6. The van der Waals surface area contributed by atoms with Crippen LogP contribution in [0.25, 0.3) is 10.9 Å². The Morgan fingerprint density at radius 3 is 2.94 bits per heavy atom. The van der Waals surface area contributed by atoms with Gasteiger partial charge in [0.1, 0.15) is 0 Å². The number of amides is 1. The first-order valence-corrected chi connectivity index (χ1v) is 6.62. The molecule has 1 saturated heterocycles. The maximum absolute atomic E-state index is 11.9. The van der Waals surface area contributed by atoms with Gasteiger partial charge in [-0.15, -0.1) is 0 Å². The van der Waals surface area contributed by atoms with Crippen LogP contribution in [0.1, 0.15) is 5.56 Å². The van der Waals surface area contributed by atoms with Crippen molar-refractivity contribution in [1.82, 2.24) is 9.88 Å². The molecule has 5 heteroatoms. The highest BCUT2D eigenvalue weighted by molar-refractivity contribution is 8.15. The molecule has 0 saturated carbocycles. The van der Waals surface area contributed by atoms with Gasteiger partial charge in [-0.05, 0) is 18.1 Å². The van der Waals surface area contributed by atoms with Crippen LogP contribution < -0.4 is 0 Å². The number of amidine groups is 1. The van der Waals surface area contributed by atoms with Crippen molar-refractivity contribution < 1.29 is 4.79 Å². The van der Waals surface area contributed by atoms with Crippen LogP contribution in [0, 0.1) is 5.41 Å². The summed E-state index contributed by atoms with van der Waals surface area (Å²) in [6.07, 6.45) is 2.63. The molecule has 1 aliphatic heterocycles. The second-order valence-electron chi connectivity index (χ2n) is 4.37. The van der Waals surface area contributed by atoms with Crippen molar-refractivity contribution in [2.75, 3.05) is 7.05 Å². The first-order valence-electron chi connectivity index (χ1n) is 5.74. The van der Waals surface area contributed by atoms with E-state index in [0.29, 0.717) is 11.6 Å². The molecule has 1 aromatic heterocycles. The number of aromatic nitrogens is 1. The van der Waals surface area contributed by atoms with Gasteiger partial charge in [0, 0.05) is 24.1 Å². The Balaban J connectivity index is 1.89. The maximum atomic E-state index is 11.9. The number of nitrogens with zero attached hydrogens (tertiary/aromatic N) is 1. The van der Waals surface area contributed by atoms with E-state index in [1.165, 1.54) is 16.7 Å². The van der Waals surface area contributed by atoms with Gasteiger partial charge in [0.25, 0.3) is 0 Å². The van der Waals surface area contributed by atoms with E-state index in [4.69, 9.17) is 5.41 Å². The van der Waals surface area contributed by atoms with Gasteiger partial charge in [0.2, 0.25) is 5.91 Å². The quantitative estimate of drug-likeness (QED) is 0.868. The van der Waals surface area contributed by atoms with Crippen molar-refractivity contribution in [2.24, 2.45) is 0 Å². The van der Waals surface area contributed by atoms with E-state index in [9.17, 15) is 4.79 Å². The summed E-state index contributed by atoms with van der Waals surface area (Å²) in [5.74, 6) is 0.0234. The molecule has 18 heavy (non-hydrogen) atoms. The van der Waals surface area contributed by atoms with Crippen LogP contribution in [-0.4, -0.2) is 33.3 Å². The molecule has 92 valence electrons. The average molecular weight is 259 g/mol. The van der Waals surface area contributed by atoms with Gasteiger partial charge in [-0.2, -0.15) is 0 Å². The predicted molar refractivity (Wildman–Crippen MR) is 73.9 cm³/mol. The topological polar surface area (TPSA) is 60.0 Å². The van der Waals surface area contributed by atoms with Crippen LogP contribution in [0.15, 0.2) is 30.5 Å². The number of fused-ring (bicyclic) bond motifs is 1. The summed E-state index contributed by atoms with van der Waals surface area (Å²) >= 11 is 1.33. The van der Waals surface area contributed by atoms with E-state index in [0.717, 1.165) is 16.5 Å². The van der Waals surface area contributed by atoms with Crippen LogP contribution in [0.4, 0.5) is 0 Å². The lowest BCUT2D eigenvalue weighted by Crippen LogP contribution is -2.28. The Morgan fingerprint density at radius 2 is 2.22 bits per heavy atom. The molecule has 1 aliphatic rings. The molecule has 1 atom stereocenters. The largest absolute Gasteiger partial charge is 0.361 e. The van der Waals surface area contributed by atoms with Crippen LogP contribution in [0.3, 0.4) is 0 Å². The third-order valence-electron chi connectivity index (χ3n) is 3.24. The number of carbonyl (C=O) groups is 1. The zero-order valence-corrected chi connectivity index (χ0v) is 10.8. The van der Waals surface area contributed by atoms with E-state index in [-0.39, 0.29) is 11.2 Å². The molecule has 3 rings (SSSR count). The number of para-hydroxylation sites is 1. The van der Waals surface area contributed by atoms with E-state index < -0.39 is 0 Å². The van der Waals surface area contributed by atoms with Gasteiger partial charge in [0.15, 0.2) is 5.17 Å². The van der Waals surface area contributed by atoms with Gasteiger partial charge in [-0.3, -0.25) is 15.1 Å². The summed E-state index contributed by atoms with van der Waals surface area (Å²) < 4.78 is 0. The fourth-order valence-corrected chi connectivity index (χ4v) is 3.25. The molecular weight excluding hydrogens is 246 g/mol. The smallest absolute Gasteiger partial charge is 0.242 e. The van der Waals surface area contributed by atoms with Crippen molar-refractivity contribution in [2.45, 2.75) is 11.7 Å². The van der Waals surface area contributed by atoms with Gasteiger partial charge in [-0.25, -0.2) is 0 Å². The molecule has 2 heterocycles. The zero-order valence-electron chi connectivity index (χ0n) is 9.93. The standard InChI is InChI=1S/C13H13N3OS/c1-16-12(17)11(18-13(16)14)6-8-7-15-10-5-3-2-4-9(8)10/h2-5,7,11,14-15H,6H2,1H3. The third-order valence-corrected chi connectivity index (χ3v) is 4.39. The molecule has 1 fully saturated rings. The Bertz CT molecular complexity index is 634. The number of benzene rings is 1. The minimum atomic E-state index is -0.165. The predicted octanol–water partition coefficient (Wildman–Crippen LogP) is 2.22. The van der Waals surface area contributed by atoms with Crippen LogP contribution >= 0.6 is 11.8 Å². The highest BCUT2D eigenvalue weighted by Crippen LogP contribution is 2.29. The minimum absolute atomic E-state index is 0.0234. The molecule has 4 nitrogen and oxygen atoms in total. The van der Waals surface area contributed by atoms with Crippen molar-refractivity contribution in [3.63, 3.8) is 0 Å². The number of aromatic amines is 1. The molecule has 0 radical (unpaired) electrons. The fraction of sp³-hybridized carbons (Fsp3) is 0.231. The maximum Gasteiger partial charge on any atom is 0.242 e. The van der Waals surface area contributed by atoms with Crippen molar-refractivity contribution in [3.05, 3.63) is 36.0 Å². The van der Waals surface area contributed by atoms with Gasteiger partial charge >= 0.3 is 0 Å². The number of nitrogens with one attached hydrogen (secondary N) is 2. The van der Waals surface area contributed by atoms with Gasteiger partial charge < -0.3 is 4.98 Å². The number of thioether (sulfide) groups is 1. The SMILES string of the molecule is CN1C(=N)SC(Cc2c[nH]c3ccccc23)C1=O. The van der Waals surface area contributed by atoms with Crippen molar-refractivity contribution in [1.29, 1.82) is 5.41 Å². The van der Waals surface area contributed by atoms with E-state index in [2.05, 4.69) is 11.1 Å². The average Bonchev–Trinajstić information content (AvgIpc) is 2.89. The van der Waals surface area contributed by atoms with Crippen LogP contribution in [0.5, 0.6) is 0 Å². The Labute approximate surface area is 109 Å². The first kappa shape index (κ1) is 11.3. The van der Waals surface area contributed by atoms with Gasteiger partial charge in [0.05, 0.1) is 5.25 Å². The van der Waals surface area contributed by atoms with Crippen molar-refractivity contribution in [3.8, 4) is 0 Å². The molecular formula is C13H13N3OS. The number of hydrogen-bond donors (Lipinski definition) is 2. The molecule has 0 spiro atoms. The van der Waals surface area contributed by atoms with E-state index >= 15 is 0 Å². The number of hydrogen-bond acceptors (Lipinski definition) is 3. The van der Waals surface area contributed by atoms with E-state index in [1.807, 2.05) is 24.4 Å². The summed E-state index contributed by atoms with van der Waals surface area (Å²) in [6.45, 7) is 0. The summed E-state index contributed by atoms with van der Waals surface area (Å²) in [7, 11) is 1.66. The van der Waals surface area contributed by atoms with E-state index in [1.54, 1.807) is 7.05 Å². The Kier molecular flexibility index (Phi) is 2.63. The normalized spacial score (nSPS) is 20.1. The highest BCUT2D eigenvalue weighted by Gasteiger charge is 2.34. The fourth-order valence-electron chi connectivity index (χ4n) is 2.21.